The predicted molar refractivity (Wildman–Crippen MR) is 69.9 cm³/mol. The van der Waals surface area contributed by atoms with Crippen LogP contribution in [-0.4, -0.2) is 38.6 Å². The third kappa shape index (κ3) is 2.12. The van der Waals surface area contributed by atoms with Crippen LogP contribution >= 0.6 is 11.8 Å². The molecular weight excluding hydrogens is 252 g/mol. The number of hydrogen-bond acceptors (Lipinski definition) is 3. The number of aryl methyl sites for hydroxylation is 1. The number of amides is 1. The van der Waals surface area contributed by atoms with Gasteiger partial charge < -0.3 is 15.0 Å². The van der Waals surface area contributed by atoms with Crippen LogP contribution in [0.1, 0.15) is 22.6 Å². The molecule has 6 heteroatoms. The van der Waals surface area contributed by atoms with E-state index >= 15 is 0 Å². The van der Waals surface area contributed by atoms with Crippen molar-refractivity contribution in [3.05, 3.63) is 23.5 Å². The van der Waals surface area contributed by atoms with Crippen LogP contribution in [-0.2, 0) is 11.8 Å². The lowest BCUT2D eigenvalue weighted by atomic mass is 9.99. The summed E-state index contributed by atoms with van der Waals surface area (Å²) < 4.78 is 1.76. The highest BCUT2D eigenvalue weighted by molar-refractivity contribution is 7.99. The third-order valence-electron chi connectivity index (χ3n) is 3.39. The number of nitrogens with zero attached hydrogens (tertiary/aromatic N) is 1. The first-order valence-electron chi connectivity index (χ1n) is 5.72. The summed E-state index contributed by atoms with van der Waals surface area (Å²) in [6.45, 7) is 1.90. The Morgan fingerprint density at radius 2 is 2.22 bits per heavy atom. The van der Waals surface area contributed by atoms with Crippen LogP contribution in [0, 0.1) is 6.92 Å². The van der Waals surface area contributed by atoms with Crippen molar-refractivity contribution in [2.75, 3.05) is 11.5 Å². The maximum Gasteiger partial charge on any atom is 0.330 e. The van der Waals surface area contributed by atoms with Gasteiger partial charge >= 0.3 is 5.97 Å². The molecule has 98 valence electrons. The van der Waals surface area contributed by atoms with E-state index in [4.69, 9.17) is 0 Å². The highest BCUT2D eigenvalue weighted by Gasteiger charge is 2.43. The Bertz CT molecular complexity index is 490. The minimum atomic E-state index is -1.11. The van der Waals surface area contributed by atoms with Crippen LogP contribution in [0.15, 0.2) is 12.1 Å². The maximum atomic E-state index is 12.1. The number of rotatable bonds is 3. The maximum absolute atomic E-state index is 12.1. The fraction of sp³-hybridized carbons (Fsp3) is 0.500. The van der Waals surface area contributed by atoms with Crippen LogP contribution < -0.4 is 5.32 Å². The molecule has 1 amide bonds. The molecular formula is C12H16N2O3S. The number of thioether (sulfide) groups is 1. The zero-order valence-electron chi connectivity index (χ0n) is 10.4. The lowest BCUT2D eigenvalue weighted by Gasteiger charge is -2.24. The zero-order chi connectivity index (χ0) is 13.3. The summed E-state index contributed by atoms with van der Waals surface area (Å²) in [5.41, 5.74) is 0.343. The van der Waals surface area contributed by atoms with Gasteiger partial charge in [0.05, 0.1) is 0 Å². The van der Waals surface area contributed by atoms with Crippen LogP contribution in [0.2, 0.25) is 0 Å². The Labute approximate surface area is 110 Å². The van der Waals surface area contributed by atoms with E-state index in [1.165, 1.54) is 0 Å². The van der Waals surface area contributed by atoms with E-state index in [9.17, 15) is 14.7 Å². The van der Waals surface area contributed by atoms with E-state index in [0.29, 0.717) is 17.9 Å². The van der Waals surface area contributed by atoms with Gasteiger partial charge in [-0.25, -0.2) is 4.79 Å². The molecule has 2 N–H and O–H groups in total. The van der Waals surface area contributed by atoms with Crippen molar-refractivity contribution in [2.45, 2.75) is 18.9 Å². The Morgan fingerprint density at radius 1 is 1.50 bits per heavy atom. The van der Waals surface area contributed by atoms with Crippen molar-refractivity contribution < 1.29 is 14.7 Å². The first-order valence-corrected chi connectivity index (χ1v) is 6.88. The molecule has 0 aromatic carbocycles. The molecule has 1 atom stereocenters. The van der Waals surface area contributed by atoms with E-state index in [-0.39, 0.29) is 5.91 Å². The number of carboxylic acid groups (broad SMARTS) is 1. The van der Waals surface area contributed by atoms with E-state index in [0.717, 1.165) is 11.4 Å². The van der Waals surface area contributed by atoms with Gasteiger partial charge in [-0.05, 0) is 31.2 Å². The minimum absolute atomic E-state index is 0.324. The predicted octanol–water partition coefficient (Wildman–Crippen LogP) is 1.02. The molecule has 0 aliphatic carbocycles. The van der Waals surface area contributed by atoms with Gasteiger partial charge in [0.25, 0.3) is 5.91 Å². The largest absolute Gasteiger partial charge is 0.479 e. The molecule has 0 bridgehead atoms. The van der Waals surface area contributed by atoms with E-state index in [1.54, 1.807) is 29.4 Å². The summed E-state index contributed by atoms with van der Waals surface area (Å²) in [6.07, 6.45) is 0.474. The Balaban J connectivity index is 2.20. The van der Waals surface area contributed by atoms with Crippen LogP contribution in [0.5, 0.6) is 0 Å². The molecule has 1 unspecified atom stereocenters. The Hall–Kier alpha value is -1.43. The molecule has 5 nitrogen and oxygen atoms in total. The molecule has 0 saturated carbocycles. The van der Waals surface area contributed by atoms with E-state index in [1.807, 2.05) is 13.0 Å². The molecule has 0 spiro atoms. The molecule has 0 radical (unpaired) electrons. The second kappa shape index (κ2) is 4.68. The number of aliphatic carboxylic acids is 1. The van der Waals surface area contributed by atoms with Gasteiger partial charge in [-0.2, -0.15) is 11.8 Å². The molecule has 2 rings (SSSR count). The van der Waals surface area contributed by atoms with Crippen molar-refractivity contribution in [2.24, 2.45) is 7.05 Å². The number of carboxylic acids is 1. The average Bonchev–Trinajstić information content (AvgIpc) is 2.89. The second-order valence-corrected chi connectivity index (χ2v) is 5.67. The van der Waals surface area contributed by atoms with Crippen molar-refractivity contribution in [1.82, 2.24) is 9.88 Å². The smallest absolute Gasteiger partial charge is 0.330 e. The van der Waals surface area contributed by atoms with Gasteiger partial charge in [-0.3, -0.25) is 4.79 Å². The van der Waals surface area contributed by atoms with Gasteiger partial charge in [-0.15, -0.1) is 0 Å². The van der Waals surface area contributed by atoms with Crippen molar-refractivity contribution in [3.63, 3.8) is 0 Å². The van der Waals surface area contributed by atoms with Crippen LogP contribution in [0.4, 0.5) is 0 Å². The Morgan fingerprint density at radius 3 is 2.67 bits per heavy atom. The normalized spacial score (nSPS) is 23.0. The van der Waals surface area contributed by atoms with Gasteiger partial charge in [0, 0.05) is 18.5 Å². The minimum Gasteiger partial charge on any atom is -0.479 e. The fourth-order valence-corrected chi connectivity index (χ4v) is 3.33. The quantitative estimate of drug-likeness (QED) is 0.858. The van der Waals surface area contributed by atoms with Gasteiger partial charge in [0.1, 0.15) is 11.2 Å². The standard InChI is InChI=1S/C12H16N2O3S/c1-8-3-4-9(14(8)2)10(15)13-12(11(16)17)5-6-18-7-12/h3-4H,5-7H2,1-2H3,(H,13,15)(H,16,17). The van der Waals surface area contributed by atoms with E-state index < -0.39 is 11.5 Å². The van der Waals surface area contributed by atoms with Gasteiger partial charge in [0.15, 0.2) is 0 Å². The summed E-state index contributed by atoms with van der Waals surface area (Å²) >= 11 is 1.55. The first kappa shape index (κ1) is 13.0. The molecule has 18 heavy (non-hydrogen) atoms. The zero-order valence-corrected chi connectivity index (χ0v) is 11.2. The molecule has 1 saturated heterocycles. The van der Waals surface area contributed by atoms with Crippen molar-refractivity contribution in [3.8, 4) is 0 Å². The fourth-order valence-electron chi connectivity index (χ4n) is 2.01. The third-order valence-corrected chi connectivity index (χ3v) is 4.58. The van der Waals surface area contributed by atoms with Crippen LogP contribution in [0.25, 0.3) is 0 Å². The van der Waals surface area contributed by atoms with Crippen molar-refractivity contribution in [1.29, 1.82) is 0 Å². The summed E-state index contributed by atoms with van der Waals surface area (Å²) in [5.74, 6) is -0.0850. The molecule has 1 aliphatic rings. The average molecular weight is 268 g/mol. The van der Waals surface area contributed by atoms with Gasteiger partial charge in [-0.1, -0.05) is 0 Å². The molecule has 1 aromatic heterocycles. The number of nitrogens with one attached hydrogen (secondary N) is 1. The molecule has 2 heterocycles. The topological polar surface area (TPSA) is 71.3 Å². The monoisotopic (exact) mass is 268 g/mol. The number of carbonyl (C=O) groups is 2. The summed E-state index contributed by atoms with van der Waals surface area (Å²) in [6, 6.07) is 3.55. The Kier molecular flexibility index (Phi) is 3.38. The summed E-state index contributed by atoms with van der Waals surface area (Å²) in [4.78, 5) is 23.5. The number of hydrogen-bond donors (Lipinski definition) is 2. The molecule has 1 fully saturated rings. The first-order chi connectivity index (χ1) is 8.46. The highest BCUT2D eigenvalue weighted by atomic mass is 32.2. The lowest BCUT2D eigenvalue weighted by Crippen LogP contribution is -2.55. The summed E-state index contributed by atoms with van der Waals surface area (Å²) in [5, 5.41) is 12.0. The van der Waals surface area contributed by atoms with Gasteiger partial charge in [0.2, 0.25) is 0 Å². The number of carbonyl (C=O) groups excluding carboxylic acids is 1. The molecule has 1 aliphatic heterocycles. The molecule has 1 aromatic rings. The highest BCUT2D eigenvalue weighted by Crippen LogP contribution is 2.28. The SMILES string of the molecule is Cc1ccc(C(=O)NC2(C(=O)O)CCSC2)n1C. The van der Waals surface area contributed by atoms with Crippen molar-refractivity contribution >= 4 is 23.6 Å². The van der Waals surface area contributed by atoms with Crippen LogP contribution in [0.3, 0.4) is 0 Å². The lowest BCUT2D eigenvalue weighted by molar-refractivity contribution is -0.143. The second-order valence-electron chi connectivity index (χ2n) is 4.56. The summed E-state index contributed by atoms with van der Waals surface area (Å²) in [7, 11) is 1.79. The number of aromatic nitrogens is 1. The van der Waals surface area contributed by atoms with E-state index in [2.05, 4.69) is 5.32 Å².